The molecule has 3 heterocycles. The molecular formula is C23H28N6OS. The fraction of sp³-hybridized carbons (Fsp3) is 0.435. The van der Waals surface area contributed by atoms with Gasteiger partial charge in [-0.3, -0.25) is 4.79 Å². The highest BCUT2D eigenvalue weighted by Crippen LogP contribution is 2.33. The molecule has 0 aliphatic carbocycles. The molecule has 1 unspecified atom stereocenters. The first-order chi connectivity index (χ1) is 15.1. The number of carbonyl (C=O) groups excluding carboxylic acids is 1. The molecule has 0 spiro atoms. The van der Waals surface area contributed by atoms with Crippen molar-refractivity contribution >= 4 is 23.4 Å². The van der Waals surface area contributed by atoms with Gasteiger partial charge in [-0.15, -0.1) is 15.3 Å². The van der Waals surface area contributed by atoms with Crippen LogP contribution in [0.4, 0.5) is 5.82 Å². The van der Waals surface area contributed by atoms with E-state index in [1.165, 1.54) is 5.56 Å². The number of aryl methyl sites for hydroxylation is 1. The third-order valence-electron chi connectivity index (χ3n) is 5.69. The molecule has 4 rings (SSSR count). The van der Waals surface area contributed by atoms with Crippen molar-refractivity contribution in [2.45, 2.75) is 43.0 Å². The highest BCUT2D eigenvalue weighted by molar-refractivity contribution is 7.99. The van der Waals surface area contributed by atoms with Gasteiger partial charge in [-0.05, 0) is 48.9 Å². The second-order valence-electron chi connectivity index (χ2n) is 8.19. The predicted octanol–water partition coefficient (Wildman–Crippen LogP) is 3.88. The fourth-order valence-corrected chi connectivity index (χ4v) is 4.99. The van der Waals surface area contributed by atoms with Gasteiger partial charge in [0.05, 0.1) is 0 Å². The number of thioether (sulfide) groups is 1. The Balaban J connectivity index is 1.33. The molecule has 0 saturated carbocycles. The lowest BCUT2D eigenvalue weighted by atomic mass is 9.91. The Morgan fingerprint density at radius 2 is 2.13 bits per heavy atom. The minimum absolute atomic E-state index is 0.233. The van der Waals surface area contributed by atoms with E-state index in [1.54, 1.807) is 24.3 Å². The van der Waals surface area contributed by atoms with E-state index in [-0.39, 0.29) is 5.25 Å². The lowest BCUT2D eigenvalue weighted by Crippen LogP contribution is -2.37. The molecule has 0 bridgehead atoms. The Morgan fingerprint density at radius 1 is 1.23 bits per heavy atom. The van der Waals surface area contributed by atoms with Gasteiger partial charge >= 0.3 is 0 Å². The average molecular weight is 437 g/mol. The number of aromatic nitrogens is 5. The monoisotopic (exact) mass is 436 g/mol. The maximum absolute atomic E-state index is 12.8. The highest BCUT2D eigenvalue weighted by atomic mass is 32.2. The molecule has 2 aromatic heterocycles. The van der Waals surface area contributed by atoms with Crippen LogP contribution in [0.1, 0.15) is 42.6 Å². The van der Waals surface area contributed by atoms with Crippen molar-refractivity contribution in [1.29, 1.82) is 0 Å². The minimum Gasteiger partial charge on any atom is -0.355 e. The SMILES string of the molecule is C[C@H](Sc1nncn1C)c1cccc(CC(=O)CC2CCCN(c3cccnn3)C2)c1. The first kappa shape index (κ1) is 21.5. The van der Waals surface area contributed by atoms with Crippen LogP contribution in [0.3, 0.4) is 0 Å². The van der Waals surface area contributed by atoms with Crippen LogP contribution in [0.2, 0.25) is 0 Å². The molecular weight excluding hydrogens is 408 g/mol. The van der Waals surface area contributed by atoms with Gasteiger partial charge in [0.1, 0.15) is 12.1 Å². The van der Waals surface area contributed by atoms with Gasteiger partial charge in [0.15, 0.2) is 11.0 Å². The third kappa shape index (κ3) is 5.70. The maximum Gasteiger partial charge on any atom is 0.191 e. The summed E-state index contributed by atoms with van der Waals surface area (Å²) >= 11 is 1.67. The van der Waals surface area contributed by atoms with E-state index in [1.807, 2.05) is 35.9 Å². The number of piperidine rings is 1. The highest BCUT2D eigenvalue weighted by Gasteiger charge is 2.23. The van der Waals surface area contributed by atoms with Crippen molar-refractivity contribution in [1.82, 2.24) is 25.0 Å². The maximum atomic E-state index is 12.8. The largest absolute Gasteiger partial charge is 0.355 e. The van der Waals surface area contributed by atoms with Crippen molar-refractivity contribution in [2.75, 3.05) is 18.0 Å². The van der Waals surface area contributed by atoms with Gasteiger partial charge in [-0.1, -0.05) is 36.0 Å². The van der Waals surface area contributed by atoms with E-state index < -0.39 is 0 Å². The predicted molar refractivity (Wildman–Crippen MR) is 122 cm³/mol. The van der Waals surface area contributed by atoms with Crippen molar-refractivity contribution in [3.63, 3.8) is 0 Å². The molecule has 0 N–H and O–H groups in total. The van der Waals surface area contributed by atoms with Gasteiger partial charge in [0, 0.05) is 44.4 Å². The van der Waals surface area contributed by atoms with Crippen molar-refractivity contribution in [3.8, 4) is 0 Å². The van der Waals surface area contributed by atoms with Crippen molar-refractivity contribution in [3.05, 3.63) is 60.0 Å². The average Bonchev–Trinajstić information content (AvgIpc) is 3.19. The number of ketones is 1. The first-order valence-electron chi connectivity index (χ1n) is 10.7. The normalized spacial score (nSPS) is 17.5. The summed E-state index contributed by atoms with van der Waals surface area (Å²) < 4.78 is 1.92. The Hall–Kier alpha value is -2.74. The van der Waals surface area contributed by atoms with Gasteiger partial charge in [0.25, 0.3) is 0 Å². The van der Waals surface area contributed by atoms with E-state index in [4.69, 9.17) is 0 Å². The topological polar surface area (TPSA) is 76.8 Å². The summed E-state index contributed by atoms with van der Waals surface area (Å²) in [4.78, 5) is 15.1. The molecule has 0 amide bonds. The summed E-state index contributed by atoms with van der Waals surface area (Å²) in [5.74, 6) is 1.58. The number of carbonyl (C=O) groups is 1. The molecule has 1 aliphatic heterocycles. The molecule has 8 heteroatoms. The zero-order chi connectivity index (χ0) is 21.6. The number of anilines is 1. The molecule has 1 fully saturated rings. The number of Topliss-reactive ketones (excluding diaryl/α,β-unsaturated/α-hetero) is 1. The van der Waals surface area contributed by atoms with Crippen molar-refractivity contribution < 1.29 is 4.79 Å². The second-order valence-corrected chi connectivity index (χ2v) is 9.49. The summed E-state index contributed by atoms with van der Waals surface area (Å²) in [6.45, 7) is 4.01. The third-order valence-corrected chi connectivity index (χ3v) is 6.90. The summed E-state index contributed by atoms with van der Waals surface area (Å²) in [6.07, 6.45) is 6.67. The van der Waals surface area contributed by atoms with Crippen molar-refractivity contribution in [2.24, 2.45) is 13.0 Å². The van der Waals surface area contributed by atoms with Crippen LogP contribution < -0.4 is 4.90 Å². The van der Waals surface area contributed by atoms with Gasteiger partial charge in [-0.25, -0.2) is 0 Å². The van der Waals surface area contributed by atoms with Crippen LogP contribution in [0.15, 0.2) is 54.1 Å². The number of rotatable bonds is 8. The van der Waals surface area contributed by atoms with Crippen LogP contribution in [0.5, 0.6) is 0 Å². The lowest BCUT2D eigenvalue weighted by Gasteiger charge is -2.33. The second kappa shape index (κ2) is 10.0. The molecule has 1 aromatic carbocycles. The van der Waals surface area contributed by atoms with Crippen LogP contribution in [-0.4, -0.2) is 43.8 Å². The summed E-state index contributed by atoms with van der Waals surface area (Å²) in [6, 6.07) is 12.3. The molecule has 1 saturated heterocycles. The molecule has 3 aromatic rings. The van der Waals surface area contributed by atoms with Crippen LogP contribution in [-0.2, 0) is 18.3 Å². The minimum atomic E-state index is 0.233. The van der Waals surface area contributed by atoms with Gasteiger partial charge in [-0.2, -0.15) is 5.10 Å². The smallest absolute Gasteiger partial charge is 0.191 e. The number of hydrogen-bond donors (Lipinski definition) is 0. The molecule has 0 radical (unpaired) electrons. The fourth-order valence-electron chi connectivity index (χ4n) is 4.09. The number of hydrogen-bond acceptors (Lipinski definition) is 7. The number of benzene rings is 1. The van der Waals surface area contributed by atoms with E-state index in [2.05, 4.69) is 44.4 Å². The summed E-state index contributed by atoms with van der Waals surface area (Å²) in [5.41, 5.74) is 2.28. The molecule has 1 aliphatic rings. The zero-order valence-corrected chi connectivity index (χ0v) is 18.8. The van der Waals surface area contributed by atoms with Crippen LogP contribution >= 0.6 is 11.8 Å². The molecule has 162 valence electrons. The summed E-state index contributed by atoms with van der Waals surface area (Å²) in [5, 5.41) is 17.4. The van der Waals surface area contributed by atoms with Gasteiger partial charge < -0.3 is 9.47 Å². The molecule has 31 heavy (non-hydrogen) atoms. The van der Waals surface area contributed by atoms with E-state index in [9.17, 15) is 4.79 Å². The standard InChI is InChI=1S/C23H28N6OS/c1-17(31-23-27-25-16-28(23)2)20-8-3-6-18(12-20)13-21(30)14-19-7-5-11-29(15-19)22-9-4-10-24-26-22/h3-4,6,8-10,12,16-17,19H,5,7,11,13-15H2,1-2H3/t17-,19?/m0/s1. The zero-order valence-electron chi connectivity index (χ0n) is 18.0. The lowest BCUT2D eigenvalue weighted by molar-refractivity contribution is -0.119. The Kier molecular flexibility index (Phi) is 6.96. The summed E-state index contributed by atoms with van der Waals surface area (Å²) in [7, 11) is 1.95. The van der Waals surface area contributed by atoms with Crippen LogP contribution in [0, 0.1) is 5.92 Å². The number of nitrogens with zero attached hydrogens (tertiary/aromatic N) is 6. The molecule has 2 atom stereocenters. The van der Waals surface area contributed by atoms with E-state index >= 15 is 0 Å². The molecule has 7 nitrogen and oxygen atoms in total. The van der Waals surface area contributed by atoms with Gasteiger partial charge in [0.2, 0.25) is 0 Å². The first-order valence-corrected chi connectivity index (χ1v) is 11.6. The Labute approximate surface area is 187 Å². The quantitative estimate of drug-likeness (QED) is 0.496. The van der Waals surface area contributed by atoms with Crippen LogP contribution in [0.25, 0.3) is 0 Å². The Bertz CT molecular complexity index is 1010. The van der Waals surface area contributed by atoms with E-state index in [0.29, 0.717) is 24.5 Å². The van der Waals surface area contributed by atoms with E-state index in [0.717, 1.165) is 42.5 Å². The Morgan fingerprint density at radius 3 is 2.90 bits per heavy atom.